The summed E-state index contributed by atoms with van der Waals surface area (Å²) in [5, 5.41) is 2.63. The topological polar surface area (TPSA) is 59.6 Å². The minimum absolute atomic E-state index is 0. The van der Waals surface area contributed by atoms with Crippen molar-refractivity contribution in [2.45, 2.75) is 26.3 Å². The number of guanidine groups is 1. The van der Waals surface area contributed by atoms with Crippen molar-refractivity contribution in [3.05, 3.63) is 46.2 Å². The molecule has 0 saturated carbocycles. The van der Waals surface area contributed by atoms with Crippen molar-refractivity contribution < 1.29 is 17.9 Å². The van der Waals surface area contributed by atoms with Crippen LogP contribution < -0.4 is 15.8 Å². The lowest BCUT2D eigenvalue weighted by atomic mass is 10.3. The van der Waals surface area contributed by atoms with E-state index in [1.54, 1.807) is 17.4 Å². The molecule has 0 amide bonds. The van der Waals surface area contributed by atoms with E-state index in [9.17, 15) is 13.2 Å². The van der Waals surface area contributed by atoms with Crippen LogP contribution >= 0.6 is 35.3 Å². The van der Waals surface area contributed by atoms with Gasteiger partial charge < -0.3 is 15.8 Å². The van der Waals surface area contributed by atoms with E-state index in [-0.39, 0.29) is 41.4 Å². The lowest BCUT2D eigenvalue weighted by Gasteiger charge is -2.14. The van der Waals surface area contributed by atoms with Gasteiger partial charge in [-0.2, -0.15) is 0 Å². The molecule has 2 aromatic rings. The Hall–Kier alpha value is -1.49. The number of aryl methyl sites for hydroxylation is 1. The highest BCUT2D eigenvalue weighted by atomic mass is 127. The molecule has 4 nitrogen and oxygen atoms in total. The van der Waals surface area contributed by atoms with Crippen LogP contribution in [0.4, 0.5) is 18.9 Å². The second-order valence-electron chi connectivity index (χ2n) is 4.59. The number of alkyl halides is 3. The number of anilines is 1. The van der Waals surface area contributed by atoms with Gasteiger partial charge in [0.2, 0.25) is 0 Å². The average Bonchev–Trinajstić information content (AvgIpc) is 2.94. The van der Waals surface area contributed by atoms with E-state index in [2.05, 4.69) is 22.0 Å². The number of aliphatic imine (C=N–C) groups is 1. The number of rotatable bonds is 5. The predicted octanol–water partition coefficient (Wildman–Crippen LogP) is 4.75. The Balaban J connectivity index is 0.00000288. The number of halogens is 4. The fourth-order valence-electron chi connectivity index (χ4n) is 1.82. The van der Waals surface area contributed by atoms with Crippen LogP contribution in [0.15, 0.2) is 41.4 Å². The van der Waals surface area contributed by atoms with Gasteiger partial charge in [0.1, 0.15) is 0 Å². The highest BCUT2D eigenvalue weighted by Gasteiger charge is 2.32. The van der Waals surface area contributed by atoms with Gasteiger partial charge in [0.05, 0.1) is 12.2 Å². The standard InChI is InChI=1S/C15H16F3N3OS.HI/c1-2-10-7-8-11(23-10)9-20-14(19)21-12-5-3-4-6-13(12)22-15(16,17)18;/h3-8H,2,9H2,1H3,(H3,19,20,21);1H. The zero-order chi connectivity index (χ0) is 16.9. The Morgan fingerprint density at radius 2 is 1.88 bits per heavy atom. The van der Waals surface area contributed by atoms with Crippen molar-refractivity contribution in [1.82, 2.24) is 0 Å². The first kappa shape index (κ1) is 20.6. The largest absolute Gasteiger partial charge is 0.573 e. The lowest BCUT2D eigenvalue weighted by molar-refractivity contribution is -0.274. The summed E-state index contributed by atoms with van der Waals surface area (Å²) in [6, 6.07) is 9.63. The number of benzene rings is 1. The van der Waals surface area contributed by atoms with Crippen molar-refractivity contribution in [1.29, 1.82) is 0 Å². The summed E-state index contributed by atoms with van der Waals surface area (Å²) in [7, 11) is 0. The van der Waals surface area contributed by atoms with Crippen LogP contribution in [-0.4, -0.2) is 12.3 Å². The number of nitrogens with one attached hydrogen (secondary N) is 1. The normalized spacial score (nSPS) is 11.8. The average molecular weight is 471 g/mol. The Morgan fingerprint density at radius 3 is 2.50 bits per heavy atom. The molecule has 0 fully saturated rings. The highest BCUT2D eigenvalue weighted by molar-refractivity contribution is 14.0. The van der Waals surface area contributed by atoms with Crippen LogP contribution in [0.3, 0.4) is 0 Å². The summed E-state index contributed by atoms with van der Waals surface area (Å²) >= 11 is 1.63. The second-order valence-corrected chi connectivity index (χ2v) is 5.84. The Morgan fingerprint density at radius 1 is 1.21 bits per heavy atom. The van der Waals surface area contributed by atoms with Crippen LogP contribution in [0.25, 0.3) is 0 Å². The maximum absolute atomic E-state index is 12.4. The third-order valence-electron chi connectivity index (χ3n) is 2.85. The monoisotopic (exact) mass is 471 g/mol. The number of hydrogen-bond acceptors (Lipinski definition) is 3. The van der Waals surface area contributed by atoms with Gasteiger partial charge in [0.15, 0.2) is 11.7 Å². The molecule has 3 N–H and O–H groups in total. The van der Waals surface area contributed by atoms with Crippen LogP contribution in [0, 0.1) is 0 Å². The summed E-state index contributed by atoms with van der Waals surface area (Å²) in [6.45, 7) is 2.43. The van der Waals surface area contributed by atoms with Gasteiger partial charge in [-0.3, -0.25) is 0 Å². The van der Waals surface area contributed by atoms with Crippen LogP contribution in [-0.2, 0) is 13.0 Å². The number of hydrogen-bond donors (Lipinski definition) is 2. The molecule has 0 saturated heterocycles. The number of nitrogens with zero attached hydrogens (tertiary/aromatic N) is 1. The number of thiophene rings is 1. The quantitative estimate of drug-likeness (QED) is 0.376. The zero-order valence-electron chi connectivity index (χ0n) is 12.8. The van der Waals surface area contributed by atoms with Crippen molar-refractivity contribution in [3.8, 4) is 5.75 Å². The molecule has 0 aliphatic carbocycles. The maximum Gasteiger partial charge on any atom is 0.573 e. The minimum atomic E-state index is -4.77. The van der Waals surface area contributed by atoms with Gasteiger partial charge in [-0.1, -0.05) is 19.1 Å². The van der Waals surface area contributed by atoms with E-state index in [0.29, 0.717) is 6.54 Å². The van der Waals surface area contributed by atoms with E-state index in [0.717, 1.165) is 11.3 Å². The molecule has 0 aliphatic rings. The molecule has 0 radical (unpaired) electrons. The maximum atomic E-state index is 12.4. The minimum Gasteiger partial charge on any atom is -0.404 e. The van der Waals surface area contributed by atoms with E-state index in [1.807, 2.05) is 12.1 Å². The van der Waals surface area contributed by atoms with Gasteiger partial charge >= 0.3 is 6.36 Å². The molecule has 0 aliphatic heterocycles. The first-order valence-electron chi connectivity index (χ1n) is 6.86. The van der Waals surface area contributed by atoms with E-state index < -0.39 is 6.36 Å². The Kier molecular flexibility index (Phi) is 7.80. The van der Waals surface area contributed by atoms with Gasteiger partial charge in [-0.05, 0) is 30.7 Å². The zero-order valence-corrected chi connectivity index (χ0v) is 15.9. The van der Waals surface area contributed by atoms with E-state index >= 15 is 0 Å². The molecule has 2 rings (SSSR count). The van der Waals surface area contributed by atoms with E-state index in [4.69, 9.17) is 5.73 Å². The van der Waals surface area contributed by atoms with Gasteiger partial charge in [0.25, 0.3) is 0 Å². The summed E-state index contributed by atoms with van der Waals surface area (Å²) in [6.07, 6.45) is -3.82. The Labute approximate surface area is 158 Å². The molecular weight excluding hydrogens is 454 g/mol. The number of ether oxygens (including phenoxy) is 1. The third kappa shape index (κ3) is 6.56. The molecule has 1 aromatic carbocycles. The van der Waals surface area contributed by atoms with Crippen molar-refractivity contribution in [3.63, 3.8) is 0 Å². The van der Waals surface area contributed by atoms with Crippen LogP contribution in [0.1, 0.15) is 16.7 Å². The fraction of sp³-hybridized carbons (Fsp3) is 0.267. The van der Waals surface area contributed by atoms with Gasteiger partial charge in [0, 0.05) is 9.75 Å². The Bertz CT molecular complexity index is 689. The van der Waals surface area contributed by atoms with Crippen LogP contribution in [0.2, 0.25) is 0 Å². The number of nitrogens with two attached hydrogens (primary N) is 1. The van der Waals surface area contributed by atoms with Crippen molar-refractivity contribution in [2.75, 3.05) is 5.32 Å². The molecule has 9 heteroatoms. The number of para-hydroxylation sites is 2. The lowest BCUT2D eigenvalue weighted by Crippen LogP contribution is -2.24. The highest BCUT2D eigenvalue weighted by Crippen LogP contribution is 2.29. The summed E-state index contributed by atoms with van der Waals surface area (Å²) in [4.78, 5) is 6.41. The summed E-state index contributed by atoms with van der Waals surface area (Å²) in [5.74, 6) is -0.336. The first-order valence-corrected chi connectivity index (χ1v) is 7.68. The molecular formula is C15H17F3IN3OS. The van der Waals surface area contributed by atoms with E-state index in [1.165, 1.54) is 23.1 Å². The fourth-order valence-corrected chi connectivity index (χ4v) is 2.70. The van der Waals surface area contributed by atoms with Crippen LogP contribution in [0.5, 0.6) is 5.75 Å². The molecule has 0 bridgehead atoms. The molecule has 1 heterocycles. The molecule has 132 valence electrons. The molecule has 24 heavy (non-hydrogen) atoms. The van der Waals surface area contributed by atoms with Crippen molar-refractivity contribution in [2.24, 2.45) is 10.7 Å². The van der Waals surface area contributed by atoms with Crippen molar-refractivity contribution >= 4 is 47.0 Å². The molecule has 0 unspecified atom stereocenters. The SMILES string of the molecule is CCc1ccc(CN=C(N)Nc2ccccc2OC(F)(F)F)s1.I. The summed E-state index contributed by atoms with van der Waals surface area (Å²) in [5.41, 5.74) is 5.84. The predicted molar refractivity (Wildman–Crippen MR) is 101 cm³/mol. The summed E-state index contributed by atoms with van der Waals surface area (Å²) < 4.78 is 41.0. The third-order valence-corrected chi connectivity index (χ3v) is 4.06. The second kappa shape index (κ2) is 9.11. The molecule has 1 aromatic heterocycles. The molecule has 0 atom stereocenters. The smallest absolute Gasteiger partial charge is 0.404 e. The molecule has 0 spiro atoms. The first-order chi connectivity index (χ1) is 10.9. The van der Waals surface area contributed by atoms with Gasteiger partial charge in [-0.15, -0.1) is 48.5 Å². The van der Waals surface area contributed by atoms with Gasteiger partial charge in [-0.25, -0.2) is 4.99 Å².